The van der Waals surface area contributed by atoms with Crippen LogP contribution in [0.3, 0.4) is 0 Å². The molecule has 189 valence electrons. The second-order valence-electron chi connectivity index (χ2n) is 9.09. The van der Waals surface area contributed by atoms with Crippen molar-refractivity contribution >= 4 is 11.9 Å². The zero-order valence-electron chi connectivity index (χ0n) is 20.9. The molecule has 6 nitrogen and oxygen atoms in total. The Morgan fingerprint density at radius 3 is 1.59 bits per heavy atom. The van der Waals surface area contributed by atoms with Crippen LogP contribution < -0.4 is 0 Å². The number of rotatable bonds is 21. The number of ether oxygens (including phenoxy) is 2. The van der Waals surface area contributed by atoms with Gasteiger partial charge in [-0.2, -0.15) is 0 Å². The maximum Gasteiger partial charge on any atom is 0.309 e. The van der Waals surface area contributed by atoms with Crippen molar-refractivity contribution in [2.45, 2.75) is 123 Å². The van der Waals surface area contributed by atoms with Gasteiger partial charge in [-0.1, -0.05) is 72.1 Å². The molecule has 1 radical (unpaired) electrons. The second kappa shape index (κ2) is 20.5. The Labute approximate surface area is 196 Å². The normalized spacial score (nSPS) is 15.1. The average Bonchev–Trinajstić information content (AvgIpc) is 2.77. The van der Waals surface area contributed by atoms with Crippen molar-refractivity contribution in [3.63, 3.8) is 0 Å². The second-order valence-corrected chi connectivity index (χ2v) is 9.09. The smallest absolute Gasteiger partial charge is 0.309 e. The van der Waals surface area contributed by atoms with E-state index in [1.54, 1.807) is 13.8 Å². The van der Waals surface area contributed by atoms with Gasteiger partial charge in [0.1, 0.15) is 12.2 Å². The lowest BCUT2D eigenvalue weighted by Gasteiger charge is -2.25. The van der Waals surface area contributed by atoms with Gasteiger partial charge in [-0.15, -0.1) is 0 Å². The van der Waals surface area contributed by atoms with Gasteiger partial charge in [-0.25, -0.2) is 0 Å². The summed E-state index contributed by atoms with van der Waals surface area (Å²) < 4.78 is 11.3. The molecule has 4 unspecified atom stereocenters. The van der Waals surface area contributed by atoms with Crippen LogP contribution in [0.2, 0.25) is 0 Å². The van der Waals surface area contributed by atoms with Crippen molar-refractivity contribution in [1.29, 1.82) is 0 Å². The van der Waals surface area contributed by atoms with Gasteiger partial charge in [0.05, 0.1) is 11.8 Å². The molecule has 6 heteroatoms. The van der Waals surface area contributed by atoms with E-state index in [1.165, 1.54) is 44.9 Å². The molecule has 0 bridgehead atoms. The quantitative estimate of drug-likeness (QED) is 0.177. The average molecular weight is 458 g/mol. The van der Waals surface area contributed by atoms with Crippen LogP contribution >= 0.6 is 0 Å². The third-order valence-corrected chi connectivity index (χ3v) is 5.97. The lowest BCUT2D eigenvalue weighted by Crippen LogP contribution is -2.30. The zero-order chi connectivity index (χ0) is 24.2. The number of hydrogen-bond donors (Lipinski definition) is 2. The molecule has 0 aliphatic rings. The van der Waals surface area contributed by atoms with Gasteiger partial charge in [-0.3, -0.25) is 9.59 Å². The van der Waals surface area contributed by atoms with Crippen LogP contribution in [0.4, 0.5) is 0 Å². The van der Waals surface area contributed by atoms with Gasteiger partial charge in [0.25, 0.3) is 0 Å². The SMILES string of the molecule is [CH2]CC(CC(CCCCCCCCCCC)OC(=O)C(C)CCO)OC(=O)C(C)CCO. The molecule has 0 amide bonds. The molecule has 0 saturated carbocycles. The number of carbonyl (C=O) groups is 2. The van der Waals surface area contributed by atoms with Gasteiger partial charge in [0.2, 0.25) is 0 Å². The summed E-state index contributed by atoms with van der Waals surface area (Å²) >= 11 is 0. The highest BCUT2D eigenvalue weighted by molar-refractivity contribution is 5.72. The topological polar surface area (TPSA) is 93.1 Å². The molecule has 0 spiro atoms. The predicted molar refractivity (Wildman–Crippen MR) is 128 cm³/mol. The number of aliphatic hydroxyl groups is 2. The first-order chi connectivity index (χ1) is 15.4. The van der Waals surface area contributed by atoms with Crippen LogP contribution in [0.5, 0.6) is 0 Å². The molecule has 0 aromatic carbocycles. The van der Waals surface area contributed by atoms with Crippen molar-refractivity contribution in [3.8, 4) is 0 Å². The molecule has 0 fully saturated rings. The molecule has 4 atom stereocenters. The number of carbonyl (C=O) groups excluding carboxylic acids is 2. The highest BCUT2D eigenvalue weighted by Gasteiger charge is 2.25. The third-order valence-electron chi connectivity index (χ3n) is 5.97. The van der Waals surface area contributed by atoms with Gasteiger partial charge >= 0.3 is 11.9 Å². The summed E-state index contributed by atoms with van der Waals surface area (Å²) in [6.07, 6.45) is 12.5. The van der Waals surface area contributed by atoms with E-state index in [1.807, 2.05) is 0 Å². The predicted octanol–water partition coefficient (Wildman–Crippen LogP) is 5.38. The number of esters is 2. The fourth-order valence-electron chi connectivity index (χ4n) is 3.61. The van der Waals surface area contributed by atoms with E-state index in [9.17, 15) is 9.59 Å². The van der Waals surface area contributed by atoms with E-state index in [-0.39, 0.29) is 43.1 Å². The molecule has 0 aliphatic heterocycles. The summed E-state index contributed by atoms with van der Waals surface area (Å²) in [6.45, 7) is 9.49. The molecule has 0 aliphatic carbocycles. The van der Waals surface area contributed by atoms with Crippen molar-refractivity contribution in [1.82, 2.24) is 0 Å². The van der Waals surface area contributed by atoms with Crippen molar-refractivity contribution in [2.75, 3.05) is 13.2 Å². The van der Waals surface area contributed by atoms with E-state index in [2.05, 4.69) is 13.8 Å². The van der Waals surface area contributed by atoms with Crippen LogP contribution in [0, 0.1) is 18.8 Å². The first-order valence-electron chi connectivity index (χ1n) is 12.8. The largest absolute Gasteiger partial charge is 0.462 e. The lowest BCUT2D eigenvalue weighted by molar-refractivity contribution is -0.161. The maximum atomic E-state index is 12.4. The Hall–Kier alpha value is -1.14. The molecule has 0 rings (SSSR count). The summed E-state index contributed by atoms with van der Waals surface area (Å²) in [5, 5.41) is 18.1. The van der Waals surface area contributed by atoms with E-state index >= 15 is 0 Å². The molecule has 0 heterocycles. The Morgan fingerprint density at radius 2 is 1.16 bits per heavy atom. The van der Waals surface area contributed by atoms with Gasteiger partial charge in [0.15, 0.2) is 0 Å². The maximum absolute atomic E-state index is 12.4. The van der Waals surface area contributed by atoms with E-state index in [4.69, 9.17) is 19.7 Å². The standard InChI is InChI=1S/C26H49O6/c1-5-7-8-9-10-11-12-13-14-15-24(32-26(30)22(4)17-19-28)20-23(6-2)31-25(29)21(3)16-18-27/h21-24,27-28H,2,5-20H2,1,3-4H3. The Balaban J connectivity index is 4.64. The van der Waals surface area contributed by atoms with Crippen LogP contribution in [0.25, 0.3) is 0 Å². The zero-order valence-corrected chi connectivity index (χ0v) is 20.9. The minimum atomic E-state index is -0.423. The summed E-state index contributed by atoms with van der Waals surface area (Å²) in [5.74, 6) is -1.41. The molecule has 2 N–H and O–H groups in total. The highest BCUT2D eigenvalue weighted by Crippen LogP contribution is 2.20. The van der Waals surface area contributed by atoms with Crippen LogP contribution in [-0.2, 0) is 19.1 Å². The Morgan fingerprint density at radius 1 is 0.719 bits per heavy atom. The Bertz CT molecular complexity index is 467. The Kier molecular flexibility index (Phi) is 19.7. The summed E-state index contributed by atoms with van der Waals surface area (Å²) in [7, 11) is 0. The fourth-order valence-corrected chi connectivity index (χ4v) is 3.61. The summed E-state index contributed by atoms with van der Waals surface area (Å²) in [5.41, 5.74) is 0. The van der Waals surface area contributed by atoms with Crippen LogP contribution in [0.15, 0.2) is 0 Å². The van der Waals surface area contributed by atoms with Gasteiger partial charge in [0, 0.05) is 19.6 Å². The minimum Gasteiger partial charge on any atom is -0.462 e. The molecular formula is C26H49O6. The van der Waals surface area contributed by atoms with Gasteiger partial charge in [-0.05, 0) is 39.0 Å². The van der Waals surface area contributed by atoms with E-state index in [0.717, 1.165) is 19.3 Å². The van der Waals surface area contributed by atoms with Crippen LogP contribution in [0.1, 0.15) is 111 Å². The van der Waals surface area contributed by atoms with E-state index < -0.39 is 6.10 Å². The number of aliphatic hydroxyl groups excluding tert-OH is 2. The van der Waals surface area contributed by atoms with Crippen molar-refractivity contribution in [3.05, 3.63) is 6.92 Å². The van der Waals surface area contributed by atoms with E-state index in [0.29, 0.717) is 25.7 Å². The summed E-state index contributed by atoms with van der Waals surface area (Å²) in [4.78, 5) is 24.6. The number of hydrogen-bond acceptors (Lipinski definition) is 6. The third kappa shape index (κ3) is 15.6. The molecule has 0 aromatic rings. The van der Waals surface area contributed by atoms with Crippen LogP contribution in [-0.4, -0.2) is 47.6 Å². The fraction of sp³-hybridized carbons (Fsp3) is 0.885. The monoisotopic (exact) mass is 457 g/mol. The molecule has 0 aromatic heterocycles. The van der Waals surface area contributed by atoms with Crippen molar-refractivity contribution < 1.29 is 29.3 Å². The first kappa shape index (κ1) is 30.9. The molecule has 0 saturated heterocycles. The molecular weight excluding hydrogens is 408 g/mol. The minimum absolute atomic E-state index is 0.0545. The number of unbranched alkanes of at least 4 members (excludes halogenated alkanes) is 8. The summed E-state index contributed by atoms with van der Waals surface area (Å²) in [6, 6.07) is 0. The van der Waals surface area contributed by atoms with Crippen molar-refractivity contribution in [2.24, 2.45) is 11.8 Å². The lowest BCUT2D eigenvalue weighted by atomic mass is 10.0. The first-order valence-corrected chi connectivity index (χ1v) is 12.8. The highest BCUT2D eigenvalue weighted by atomic mass is 16.6. The molecule has 32 heavy (non-hydrogen) atoms. The van der Waals surface area contributed by atoms with Gasteiger partial charge < -0.3 is 19.7 Å².